The summed E-state index contributed by atoms with van der Waals surface area (Å²) in [6.45, 7) is 5.36. The number of alkyl halides is 2. The summed E-state index contributed by atoms with van der Waals surface area (Å²) in [5.41, 5.74) is 3.35. The van der Waals surface area contributed by atoms with Crippen molar-refractivity contribution in [3.63, 3.8) is 0 Å². The molecule has 5 heteroatoms. The minimum atomic E-state index is -2.52. The number of unbranched alkanes of at least 4 members (excludes halogenated alkanes) is 3. The lowest BCUT2D eigenvalue weighted by Gasteiger charge is -2.29. The van der Waals surface area contributed by atoms with Crippen LogP contribution in [-0.2, 0) is 6.42 Å². The molecule has 2 aromatic rings. The number of hydrogen-bond acceptors (Lipinski definition) is 3. The van der Waals surface area contributed by atoms with E-state index in [0.717, 1.165) is 30.6 Å². The van der Waals surface area contributed by atoms with Gasteiger partial charge in [0.15, 0.2) is 0 Å². The molecule has 1 aliphatic heterocycles. The van der Waals surface area contributed by atoms with E-state index in [4.69, 9.17) is 4.74 Å². The first-order valence-electron chi connectivity index (χ1n) is 10.2. The molecule has 0 bridgehead atoms. The van der Waals surface area contributed by atoms with E-state index in [2.05, 4.69) is 18.8 Å². The van der Waals surface area contributed by atoms with Crippen LogP contribution >= 0.6 is 0 Å². The molecule has 0 saturated heterocycles. The van der Waals surface area contributed by atoms with Gasteiger partial charge in [0.25, 0.3) is 6.43 Å². The molecule has 0 radical (unpaired) electrons. The smallest absolute Gasteiger partial charge is 0.264 e. The van der Waals surface area contributed by atoms with Gasteiger partial charge in [0.2, 0.25) is 5.88 Å². The van der Waals surface area contributed by atoms with E-state index in [1.807, 2.05) is 18.0 Å². The number of fused-ring (bicyclic) bond motifs is 1. The van der Waals surface area contributed by atoms with Crippen LogP contribution in [0.25, 0.3) is 11.1 Å². The number of nitrogens with zero attached hydrogens (tertiary/aromatic N) is 2. The second-order valence-corrected chi connectivity index (χ2v) is 7.19. The van der Waals surface area contributed by atoms with E-state index in [-0.39, 0.29) is 5.56 Å². The molecule has 1 aromatic carbocycles. The van der Waals surface area contributed by atoms with Crippen LogP contribution in [0.15, 0.2) is 30.5 Å². The van der Waals surface area contributed by atoms with Crippen LogP contribution in [0.1, 0.15) is 63.5 Å². The van der Waals surface area contributed by atoms with Gasteiger partial charge >= 0.3 is 0 Å². The Morgan fingerprint density at radius 3 is 2.46 bits per heavy atom. The van der Waals surface area contributed by atoms with E-state index in [0.29, 0.717) is 17.0 Å². The summed E-state index contributed by atoms with van der Waals surface area (Å²) in [7, 11) is 3.46. The predicted octanol–water partition coefficient (Wildman–Crippen LogP) is 6.66. The maximum Gasteiger partial charge on any atom is 0.264 e. The van der Waals surface area contributed by atoms with E-state index >= 15 is 0 Å². The summed E-state index contributed by atoms with van der Waals surface area (Å²) in [4.78, 5) is 6.08. The summed E-state index contributed by atoms with van der Waals surface area (Å²) >= 11 is 0. The van der Waals surface area contributed by atoms with Crippen molar-refractivity contribution in [1.82, 2.24) is 4.98 Å². The maximum absolute atomic E-state index is 13.5. The number of aromatic nitrogens is 1. The van der Waals surface area contributed by atoms with Crippen molar-refractivity contribution in [3.8, 4) is 17.0 Å². The van der Waals surface area contributed by atoms with E-state index in [1.54, 1.807) is 24.4 Å². The lowest BCUT2D eigenvalue weighted by Crippen LogP contribution is -2.25. The molecule has 154 valence electrons. The summed E-state index contributed by atoms with van der Waals surface area (Å²) in [5, 5.41) is 0. The number of halogens is 2. The first-order chi connectivity index (χ1) is 13.5. The van der Waals surface area contributed by atoms with Crippen molar-refractivity contribution in [3.05, 3.63) is 41.6 Å². The van der Waals surface area contributed by atoms with Gasteiger partial charge in [-0.15, -0.1) is 0 Å². The summed E-state index contributed by atoms with van der Waals surface area (Å²) in [6, 6.07) is 6.95. The molecule has 1 aromatic heterocycles. The monoisotopic (exact) mass is 390 g/mol. The molecule has 1 aliphatic rings. The second-order valence-electron chi connectivity index (χ2n) is 7.19. The number of methoxy groups -OCH3 is 1. The predicted molar refractivity (Wildman–Crippen MR) is 113 cm³/mol. The zero-order valence-electron chi connectivity index (χ0n) is 17.5. The number of ether oxygens (including phenoxy) is 1. The number of aryl methyl sites for hydroxylation is 1. The van der Waals surface area contributed by atoms with Gasteiger partial charge in [0.1, 0.15) is 0 Å². The molecular weight excluding hydrogens is 358 g/mol. The third-order valence-corrected chi connectivity index (χ3v) is 5.05. The number of anilines is 1. The first-order valence-corrected chi connectivity index (χ1v) is 10.2. The van der Waals surface area contributed by atoms with Crippen molar-refractivity contribution in [2.24, 2.45) is 0 Å². The Morgan fingerprint density at radius 1 is 1.14 bits per heavy atom. The topological polar surface area (TPSA) is 25.4 Å². The number of rotatable bonds is 6. The number of benzene rings is 1. The SMILES string of the molecule is CCCCCC.COc1cc(-c2cc3c(cc2C(F)F)N(C)CCC3)ccn1. The summed E-state index contributed by atoms with van der Waals surface area (Å²) in [6.07, 6.45) is 6.55. The van der Waals surface area contributed by atoms with Gasteiger partial charge in [-0.05, 0) is 47.7 Å². The summed E-state index contributed by atoms with van der Waals surface area (Å²) < 4.78 is 32.2. The van der Waals surface area contributed by atoms with Gasteiger partial charge in [-0.25, -0.2) is 13.8 Å². The zero-order chi connectivity index (χ0) is 20.5. The number of pyridine rings is 1. The minimum Gasteiger partial charge on any atom is -0.481 e. The largest absolute Gasteiger partial charge is 0.481 e. The standard InChI is InChI=1S/C17H18F2N2O.C6H14/c1-21-7-3-4-12-8-13(14(17(18)19)10-15(12)21)11-5-6-20-16(9-11)22-2;1-3-5-6-4-2/h5-6,8-10,17H,3-4,7H2,1-2H3;3-6H2,1-2H3. The molecule has 0 atom stereocenters. The molecule has 0 aliphatic carbocycles. The van der Waals surface area contributed by atoms with Crippen LogP contribution in [0.3, 0.4) is 0 Å². The van der Waals surface area contributed by atoms with Crippen LogP contribution in [0.2, 0.25) is 0 Å². The highest BCUT2D eigenvalue weighted by Crippen LogP contribution is 2.38. The Morgan fingerprint density at radius 2 is 1.86 bits per heavy atom. The average Bonchev–Trinajstić information content (AvgIpc) is 2.72. The van der Waals surface area contributed by atoms with Crippen LogP contribution in [-0.4, -0.2) is 25.7 Å². The lowest BCUT2D eigenvalue weighted by molar-refractivity contribution is 0.152. The Hall–Kier alpha value is -2.17. The molecule has 0 fully saturated rings. The van der Waals surface area contributed by atoms with Crippen LogP contribution in [0, 0.1) is 0 Å². The number of hydrogen-bond donors (Lipinski definition) is 0. The fourth-order valence-corrected chi connectivity index (χ4v) is 3.45. The molecule has 0 unspecified atom stereocenters. The third kappa shape index (κ3) is 5.66. The highest BCUT2D eigenvalue weighted by Gasteiger charge is 2.22. The maximum atomic E-state index is 13.5. The van der Waals surface area contributed by atoms with Crippen molar-refractivity contribution in [1.29, 1.82) is 0 Å². The Labute approximate surface area is 167 Å². The molecule has 3 nitrogen and oxygen atoms in total. The van der Waals surface area contributed by atoms with Crippen LogP contribution in [0.5, 0.6) is 5.88 Å². The highest BCUT2D eigenvalue weighted by molar-refractivity contribution is 5.74. The Bertz CT molecular complexity index is 745. The molecule has 3 rings (SSSR count). The first kappa shape index (κ1) is 22.1. The minimum absolute atomic E-state index is 0.0563. The third-order valence-electron chi connectivity index (χ3n) is 5.05. The van der Waals surface area contributed by atoms with Gasteiger partial charge in [-0.1, -0.05) is 39.5 Å². The van der Waals surface area contributed by atoms with Crippen LogP contribution in [0.4, 0.5) is 14.5 Å². The molecule has 2 heterocycles. The van der Waals surface area contributed by atoms with E-state index < -0.39 is 6.43 Å². The second kappa shape index (κ2) is 11.0. The van der Waals surface area contributed by atoms with Crippen molar-refractivity contribution in [2.45, 2.75) is 58.8 Å². The Balaban J connectivity index is 0.000000409. The fraction of sp³-hybridized carbons (Fsp3) is 0.522. The quantitative estimate of drug-likeness (QED) is 0.515. The van der Waals surface area contributed by atoms with Crippen molar-refractivity contribution < 1.29 is 13.5 Å². The molecule has 0 saturated carbocycles. The molecule has 0 spiro atoms. The fourth-order valence-electron chi connectivity index (χ4n) is 3.45. The molecule has 28 heavy (non-hydrogen) atoms. The zero-order valence-corrected chi connectivity index (χ0v) is 17.5. The van der Waals surface area contributed by atoms with Crippen molar-refractivity contribution in [2.75, 3.05) is 25.6 Å². The van der Waals surface area contributed by atoms with Gasteiger partial charge < -0.3 is 9.64 Å². The molecular formula is C23H32F2N2O. The molecule has 0 N–H and O–H groups in total. The van der Waals surface area contributed by atoms with Gasteiger partial charge in [-0.3, -0.25) is 0 Å². The van der Waals surface area contributed by atoms with Gasteiger partial charge in [-0.2, -0.15) is 0 Å². The Kier molecular flexibility index (Phi) is 8.68. The van der Waals surface area contributed by atoms with Crippen molar-refractivity contribution >= 4 is 5.69 Å². The summed E-state index contributed by atoms with van der Waals surface area (Å²) in [5.74, 6) is 0.424. The lowest BCUT2D eigenvalue weighted by atomic mass is 9.92. The van der Waals surface area contributed by atoms with E-state index in [9.17, 15) is 8.78 Å². The average molecular weight is 391 g/mol. The van der Waals surface area contributed by atoms with Gasteiger partial charge in [0.05, 0.1) is 7.11 Å². The molecule has 0 amide bonds. The van der Waals surface area contributed by atoms with Crippen LogP contribution < -0.4 is 9.64 Å². The van der Waals surface area contributed by atoms with Gasteiger partial charge in [0, 0.05) is 37.1 Å². The highest BCUT2D eigenvalue weighted by atomic mass is 19.3. The normalized spacial score (nSPS) is 13.0. The van der Waals surface area contributed by atoms with E-state index in [1.165, 1.54) is 32.8 Å².